The van der Waals surface area contributed by atoms with Crippen LogP contribution in [0.3, 0.4) is 0 Å². The molecule has 1 fully saturated rings. The van der Waals surface area contributed by atoms with Crippen LogP contribution in [0, 0.1) is 0 Å². The van der Waals surface area contributed by atoms with Crippen LogP contribution < -0.4 is 10.2 Å². The van der Waals surface area contributed by atoms with Crippen molar-refractivity contribution in [3.63, 3.8) is 0 Å². The monoisotopic (exact) mass is 421 g/mol. The van der Waals surface area contributed by atoms with Gasteiger partial charge in [0.1, 0.15) is 6.54 Å². The van der Waals surface area contributed by atoms with Gasteiger partial charge in [0.2, 0.25) is 10.0 Å². The fraction of sp³-hybridized carbons (Fsp3) is 0.667. The fourth-order valence-corrected chi connectivity index (χ4v) is 4.16. The van der Waals surface area contributed by atoms with Crippen molar-refractivity contribution in [2.24, 2.45) is 0 Å². The van der Waals surface area contributed by atoms with E-state index in [0.29, 0.717) is 11.0 Å². The maximum absolute atomic E-state index is 12.5. The van der Waals surface area contributed by atoms with Gasteiger partial charge in [0.05, 0.1) is 16.1 Å². The molecule has 2 rings (SSSR count). The van der Waals surface area contributed by atoms with E-state index in [1.807, 2.05) is 27.7 Å². The maximum atomic E-state index is 12.5. The second-order valence-electron chi connectivity index (χ2n) is 9.03. The number of rotatable bonds is 4. The van der Waals surface area contributed by atoms with Crippen LogP contribution in [0.2, 0.25) is 0 Å². The van der Waals surface area contributed by atoms with E-state index < -0.39 is 46.5 Å². The van der Waals surface area contributed by atoms with E-state index in [2.05, 4.69) is 0 Å². The van der Waals surface area contributed by atoms with Crippen molar-refractivity contribution in [2.45, 2.75) is 76.2 Å². The lowest BCUT2D eigenvalue weighted by Crippen LogP contribution is -2.41. The topological polar surface area (TPSA) is 64.6 Å². The number of nitrogens with one attached hydrogen (secondary N) is 1. The average molecular weight is 421 g/mol. The molecule has 0 aromatic heterocycles. The molecule has 1 aromatic rings. The Morgan fingerprint density at radius 1 is 1.04 bits per heavy atom. The smallest absolute Gasteiger partial charge is 0.399 e. The molecule has 28 heavy (non-hydrogen) atoms. The van der Waals surface area contributed by atoms with Crippen LogP contribution >= 0.6 is 0 Å². The minimum absolute atomic E-state index is 0.190. The molecule has 5 nitrogen and oxygen atoms in total. The largest absolute Gasteiger partial charge is 0.494 e. The number of hydrogen-bond donors (Lipinski definition) is 1. The molecule has 158 valence electrons. The molecule has 1 aliphatic heterocycles. The zero-order valence-electron chi connectivity index (χ0n) is 17.2. The van der Waals surface area contributed by atoms with Gasteiger partial charge in [-0.1, -0.05) is 32.9 Å². The van der Waals surface area contributed by atoms with Crippen molar-refractivity contribution >= 4 is 22.6 Å². The van der Waals surface area contributed by atoms with E-state index in [1.165, 1.54) is 12.1 Å². The summed E-state index contributed by atoms with van der Waals surface area (Å²) in [6.45, 7) is 11.3. The minimum atomic E-state index is -4.64. The fourth-order valence-electron chi connectivity index (χ4n) is 2.75. The average Bonchev–Trinajstić information content (AvgIpc) is 2.71. The summed E-state index contributed by atoms with van der Waals surface area (Å²) in [7, 11) is -5.05. The van der Waals surface area contributed by atoms with Gasteiger partial charge in [-0.2, -0.15) is 13.2 Å². The van der Waals surface area contributed by atoms with Crippen LogP contribution in [0.1, 0.15) is 54.0 Å². The van der Waals surface area contributed by atoms with Crippen LogP contribution in [-0.2, 0) is 24.7 Å². The van der Waals surface area contributed by atoms with E-state index in [0.717, 1.165) is 0 Å². The first-order chi connectivity index (χ1) is 12.4. The first-order valence-electron chi connectivity index (χ1n) is 8.92. The zero-order chi connectivity index (χ0) is 21.8. The number of alkyl halides is 3. The summed E-state index contributed by atoms with van der Waals surface area (Å²) in [4.78, 5) is -0.190. The van der Waals surface area contributed by atoms with Crippen LogP contribution in [-0.4, -0.2) is 39.5 Å². The van der Waals surface area contributed by atoms with Crippen LogP contribution in [0.5, 0.6) is 0 Å². The summed E-state index contributed by atoms with van der Waals surface area (Å²) in [6, 6.07) is 4.45. The standard InChI is InChI=1S/C18H27BF3NO4S/c1-15(2,3)13-10-12(19-26-16(4,5)17(6,7)27-19)8-9-14(13)28(24,25)23-11-18(20,21)22/h8-10,23H,11H2,1-7H3. The summed E-state index contributed by atoms with van der Waals surface area (Å²) in [6.07, 6.45) is -4.64. The lowest BCUT2D eigenvalue weighted by atomic mass is 9.75. The first kappa shape index (κ1) is 23.2. The Balaban J connectivity index is 2.46. The molecule has 0 spiro atoms. The molecule has 1 aromatic carbocycles. The Morgan fingerprint density at radius 3 is 1.96 bits per heavy atom. The predicted molar refractivity (Wildman–Crippen MR) is 102 cm³/mol. The number of sulfonamides is 1. The van der Waals surface area contributed by atoms with Gasteiger partial charge in [-0.3, -0.25) is 0 Å². The first-order valence-corrected chi connectivity index (χ1v) is 10.4. The van der Waals surface area contributed by atoms with Gasteiger partial charge in [-0.05, 0) is 50.2 Å². The molecular weight excluding hydrogens is 394 g/mol. The molecule has 1 aliphatic rings. The second kappa shape index (κ2) is 7.00. The van der Waals surface area contributed by atoms with Gasteiger partial charge in [0, 0.05) is 0 Å². The van der Waals surface area contributed by atoms with Crippen molar-refractivity contribution in [3.05, 3.63) is 23.8 Å². The minimum Gasteiger partial charge on any atom is -0.399 e. The summed E-state index contributed by atoms with van der Waals surface area (Å²) in [5.41, 5.74) is -0.785. The van der Waals surface area contributed by atoms with E-state index in [4.69, 9.17) is 9.31 Å². The molecule has 0 radical (unpaired) electrons. The van der Waals surface area contributed by atoms with E-state index in [-0.39, 0.29) is 4.90 Å². The van der Waals surface area contributed by atoms with E-state index in [1.54, 1.807) is 31.6 Å². The van der Waals surface area contributed by atoms with Gasteiger partial charge in [-0.25, -0.2) is 13.1 Å². The number of hydrogen-bond acceptors (Lipinski definition) is 4. The van der Waals surface area contributed by atoms with Crippen molar-refractivity contribution in [2.75, 3.05) is 6.54 Å². The normalized spacial score (nSPS) is 19.9. The Hall–Kier alpha value is -1.10. The number of benzene rings is 1. The molecule has 0 bridgehead atoms. The predicted octanol–water partition coefficient (Wildman–Crippen LogP) is 3.12. The Morgan fingerprint density at radius 2 is 1.54 bits per heavy atom. The molecule has 10 heteroatoms. The van der Waals surface area contributed by atoms with Crippen LogP contribution in [0.25, 0.3) is 0 Å². The molecule has 0 saturated carbocycles. The van der Waals surface area contributed by atoms with Gasteiger partial charge in [0.15, 0.2) is 0 Å². The summed E-state index contributed by atoms with van der Waals surface area (Å²) in [5, 5.41) is 0. The van der Waals surface area contributed by atoms with Crippen molar-refractivity contribution in [1.82, 2.24) is 4.72 Å². The maximum Gasteiger partial charge on any atom is 0.494 e. The van der Waals surface area contributed by atoms with Crippen molar-refractivity contribution < 1.29 is 30.9 Å². The third-order valence-electron chi connectivity index (χ3n) is 5.09. The van der Waals surface area contributed by atoms with Gasteiger partial charge < -0.3 is 9.31 Å². The number of halogens is 3. The zero-order valence-corrected chi connectivity index (χ0v) is 18.0. The van der Waals surface area contributed by atoms with Crippen molar-refractivity contribution in [1.29, 1.82) is 0 Å². The highest BCUT2D eigenvalue weighted by atomic mass is 32.2. The molecule has 0 aliphatic carbocycles. The molecule has 0 amide bonds. The molecular formula is C18H27BF3NO4S. The summed E-state index contributed by atoms with van der Waals surface area (Å²) in [5.74, 6) is 0. The Bertz CT molecular complexity index is 829. The molecule has 0 atom stereocenters. The highest BCUT2D eigenvalue weighted by Crippen LogP contribution is 2.37. The van der Waals surface area contributed by atoms with Gasteiger partial charge in [0.25, 0.3) is 0 Å². The van der Waals surface area contributed by atoms with E-state index >= 15 is 0 Å². The Kier molecular flexibility index (Phi) is 5.80. The lowest BCUT2D eigenvalue weighted by molar-refractivity contribution is -0.121. The Labute approximate surface area is 165 Å². The molecule has 1 saturated heterocycles. The highest BCUT2D eigenvalue weighted by molar-refractivity contribution is 7.89. The quantitative estimate of drug-likeness (QED) is 0.759. The van der Waals surface area contributed by atoms with Crippen molar-refractivity contribution in [3.8, 4) is 0 Å². The van der Waals surface area contributed by atoms with E-state index in [9.17, 15) is 21.6 Å². The highest BCUT2D eigenvalue weighted by Gasteiger charge is 2.52. The third kappa shape index (κ3) is 4.90. The molecule has 1 N–H and O–H groups in total. The summed E-state index contributed by atoms with van der Waals surface area (Å²) < 4.78 is 76.1. The second-order valence-corrected chi connectivity index (χ2v) is 10.8. The van der Waals surface area contributed by atoms with Gasteiger partial charge in [-0.15, -0.1) is 0 Å². The van der Waals surface area contributed by atoms with Crippen LogP contribution in [0.15, 0.2) is 23.1 Å². The molecule has 0 unspecified atom stereocenters. The van der Waals surface area contributed by atoms with Gasteiger partial charge >= 0.3 is 13.3 Å². The lowest BCUT2D eigenvalue weighted by Gasteiger charge is -2.32. The molecule has 1 heterocycles. The SMILES string of the molecule is CC(C)(C)c1cc(B2OC(C)(C)C(C)(C)O2)ccc1S(=O)(=O)NCC(F)(F)F. The third-order valence-corrected chi connectivity index (χ3v) is 6.55. The van der Waals surface area contributed by atoms with Crippen LogP contribution in [0.4, 0.5) is 13.2 Å². The summed E-state index contributed by atoms with van der Waals surface area (Å²) >= 11 is 0.